The van der Waals surface area contributed by atoms with E-state index in [0.29, 0.717) is 30.2 Å². The lowest BCUT2D eigenvalue weighted by molar-refractivity contribution is -0.141. The first-order chi connectivity index (χ1) is 15.6. The van der Waals surface area contributed by atoms with Crippen molar-refractivity contribution >= 4 is 33.4 Å². The summed E-state index contributed by atoms with van der Waals surface area (Å²) in [5.74, 6) is -0.861. The van der Waals surface area contributed by atoms with Gasteiger partial charge in [0.25, 0.3) is 0 Å². The Balaban J connectivity index is 2.42. The average molecular weight is 496 g/mol. The van der Waals surface area contributed by atoms with Crippen LogP contribution in [0.5, 0.6) is 0 Å². The summed E-state index contributed by atoms with van der Waals surface area (Å²) in [6, 6.07) is 14.9. The maximum Gasteiger partial charge on any atom is 0.247 e. The molecule has 1 N–H and O–H groups in total. The highest BCUT2D eigenvalue weighted by molar-refractivity contribution is 7.88. The molecule has 0 aliphatic carbocycles. The topological polar surface area (TPSA) is 96.0 Å². The Hall–Kier alpha value is -2.46. The fraction of sp³-hybridized carbons (Fsp3) is 0.391. The van der Waals surface area contributed by atoms with Gasteiger partial charge in [-0.25, -0.2) is 8.42 Å². The Labute approximate surface area is 200 Å². The molecule has 180 valence electrons. The normalized spacial score (nSPS) is 12.4. The van der Waals surface area contributed by atoms with Crippen molar-refractivity contribution in [3.63, 3.8) is 0 Å². The maximum atomic E-state index is 13.4. The van der Waals surface area contributed by atoms with Crippen molar-refractivity contribution in [2.45, 2.75) is 19.0 Å². The van der Waals surface area contributed by atoms with Gasteiger partial charge >= 0.3 is 0 Å². The largest absolute Gasteiger partial charge is 0.385 e. The van der Waals surface area contributed by atoms with Gasteiger partial charge in [-0.15, -0.1) is 0 Å². The molecule has 0 radical (unpaired) electrons. The standard InChI is InChI=1S/C23H30ClN3O5S/c1-26(33(3,30)31)17-21(28)27(16-18-10-12-20(24)13-11-18)22(19-8-5-4-6-9-19)23(29)25-14-7-15-32-2/h4-6,8-13,22H,7,14-17H2,1-3H3,(H,25,29)/t22-/m0/s1. The van der Waals surface area contributed by atoms with Gasteiger partial charge in [0.15, 0.2) is 0 Å². The molecule has 0 aromatic heterocycles. The van der Waals surface area contributed by atoms with E-state index in [2.05, 4.69) is 5.32 Å². The summed E-state index contributed by atoms with van der Waals surface area (Å²) in [5, 5.41) is 3.41. The molecular weight excluding hydrogens is 466 g/mol. The number of nitrogens with zero attached hydrogens (tertiary/aromatic N) is 2. The summed E-state index contributed by atoms with van der Waals surface area (Å²) in [6.07, 6.45) is 1.65. The van der Waals surface area contributed by atoms with Crippen molar-refractivity contribution in [1.29, 1.82) is 0 Å². The summed E-state index contributed by atoms with van der Waals surface area (Å²) < 4.78 is 29.8. The summed E-state index contributed by atoms with van der Waals surface area (Å²) >= 11 is 5.99. The van der Waals surface area contributed by atoms with Gasteiger partial charge in [-0.2, -0.15) is 4.31 Å². The van der Waals surface area contributed by atoms with Crippen LogP contribution in [-0.2, 0) is 30.9 Å². The molecule has 0 heterocycles. The number of sulfonamides is 1. The molecule has 1 atom stereocenters. The molecule has 0 aliphatic heterocycles. The number of benzene rings is 2. The molecule has 33 heavy (non-hydrogen) atoms. The van der Waals surface area contributed by atoms with Crippen LogP contribution in [0.1, 0.15) is 23.6 Å². The van der Waals surface area contributed by atoms with E-state index >= 15 is 0 Å². The molecule has 10 heteroatoms. The molecule has 2 aromatic rings. The van der Waals surface area contributed by atoms with Crippen LogP contribution in [0.15, 0.2) is 54.6 Å². The van der Waals surface area contributed by atoms with Crippen LogP contribution >= 0.6 is 11.6 Å². The molecule has 0 saturated carbocycles. The molecule has 0 unspecified atom stereocenters. The SMILES string of the molecule is COCCCNC(=O)[C@H](c1ccccc1)N(Cc1ccc(Cl)cc1)C(=O)CN(C)S(C)(=O)=O. The monoisotopic (exact) mass is 495 g/mol. The maximum absolute atomic E-state index is 13.4. The Kier molecular flexibility index (Phi) is 10.3. The number of methoxy groups -OCH3 is 1. The predicted molar refractivity (Wildman–Crippen MR) is 128 cm³/mol. The molecule has 8 nitrogen and oxygen atoms in total. The number of hydrogen-bond acceptors (Lipinski definition) is 5. The quantitative estimate of drug-likeness (QED) is 0.456. The first-order valence-electron chi connectivity index (χ1n) is 10.4. The van der Waals surface area contributed by atoms with Crippen molar-refractivity contribution in [2.24, 2.45) is 0 Å². The van der Waals surface area contributed by atoms with Gasteiger partial charge in [0.05, 0.1) is 12.8 Å². The third-order valence-electron chi connectivity index (χ3n) is 5.01. The number of amides is 2. The third-order valence-corrected chi connectivity index (χ3v) is 6.52. The molecule has 2 rings (SSSR count). The highest BCUT2D eigenvalue weighted by atomic mass is 35.5. The summed E-state index contributed by atoms with van der Waals surface area (Å²) in [5.41, 5.74) is 1.37. The van der Waals surface area contributed by atoms with Crippen LogP contribution in [0.4, 0.5) is 0 Å². The molecule has 0 fully saturated rings. The highest BCUT2D eigenvalue weighted by Crippen LogP contribution is 2.25. The van der Waals surface area contributed by atoms with Crippen LogP contribution in [0.3, 0.4) is 0 Å². The number of rotatable bonds is 12. The van der Waals surface area contributed by atoms with Crippen LogP contribution in [0.2, 0.25) is 5.02 Å². The molecule has 0 aliphatic rings. The van der Waals surface area contributed by atoms with Gasteiger partial charge in [-0.3, -0.25) is 9.59 Å². The van der Waals surface area contributed by atoms with Crippen molar-refractivity contribution in [1.82, 2.24) is 14.5 Å². The van der Waals surface area contributed by atoms with E-state index in [1.807, 2.05) is 6.07 Å². The smallest absolute Gasteiger partial charge is 0.247 e. The molecule has 2 amide bonds. The first kappa shape index (κ1) is 26.8. The minimum Gasteiger partial charge on any atom is -0.385 e. The summed E-state index contributed by atoms with van der Waals surface area (Å²) in [7, 11) is -0.675. The minimum atomic E-state index is -3.59. The molecule has 0 bridgehead atoms. The van der Waals surface area contributed by atoms with Gasteiger partial charge in [0.2, 0.25) is 21.8 Å². The van der Waals surface area contributed by atoms with E-state index in [-0.39, 0.29) is 12.5 Å². The fourth-order valence-electron chi connectivity index (χ4n) is 3.14. The van der Waals surface area contributed by atoms with E-state index in [4.69, 9.17) is 16.3 Å². The lowest BCUT2D eigenvalue weighted by Gasteiger charge is -2.32. The predicted octanol–water partition coefficient (Wildman–Crippen LogP) is 2.45. The van der Waals surface area contributed by atoms with Gasteiger partial charge in [0.1, 0.15) is 6.04 Å². The Morgan fingerprint density at radius 1 is 1.09 bits per heavy atom. The van der Waals surface area contributed by atoms with Crippen molar-refractivity contribution in [3.8, 4) is 0 Å². The van der Waals surface area contributed by atoms with Gasteiger partial charge in [-0.1, -0.05) is 54.1 Å². The molecular formula is C23H30ClN3O5S. The summed E-state index contributed by atoms with van der Waals surface area (Å²) in [6.45, 7) is 0.566. The Bertz CT molecular complexity index is 1020. The van der Waals surface area contributed by atoms with Crippen LogP contribution < -0.4 is 5.32 Å². The minimum absolute atomic E-state index is 0.0959. The van der Waals surface area contributed by atoms with E-state index in [1.165, 1.54) is 11.9 Å². The second kappa shape index (κ2) is 12.7. The number of halogens is 1. The first-order valence-corrected chi connectivity index (χ1v) is 12.6. The molecule has 0 spiro atoms. The van der Waals surface area contributed by atoms with E-state index in [1.54, 1.807) is 55.6 Å². The van der Waals surface area contributed by atoms with Crippen LogP contribution in [0, 0.1) is 0 Å². The van der Waals surface area contributed by atoms with Crippen molar-refractivity contribution in [2.75, 3.05) is 40.1 Å². The average Bonchev–Trinajstić information content (AvgIpc) is 2.77. The second-order valence-electron chi connectivity index (χ2n) is 7.62. The second-order valence-corrected chi connectivity index (χ2v) is 10.1. The Morgan fingerprint density at radius 3 is 2.30 bits per heavy atom. The zero-order valence-electron chi connectivity index (χ0n) is 19.0. The number of carbonyl (C=O) groups is 2. The van der Waals surface area contributed by atoms with Crippen LogP contribution in [-0.4, -0.2) is 69.5 Å². The summed E-state index contributed by atoms with van der Waals surface area (Å²) in [4.78, 5) is 28.0. The Morgan fingerprint density at radius 2 is 1.73 bits per heavy atom. The number of ether oxygens (including phenoxy) is 1. The lowest BCUT2D eigenvalue weighted by Crippen LogP contribution is -2.47. The van der Waals surface area contributed by atoms with E-state index in [0.717, 1.165) is 16.1 Å². The lowest BCUT2D eigenvalue weighted by atomic mass is 10.0. The number of likely N-dealkylation sites (N-methyl/N-ethyl adjacent to an activating group) is 1. The van der Waals surface area contributed by atoms with E-state index in [9.17, 15) is 18.0 Å². The number of nitrogens with one attached hydrogen (secondary N) is 1. The highest BCUT2D eigenvalue weighted by Gasteiger charge is 2.32. The third kappa shape index (κ3) is 8.43. The van der Waals surface area contributed by atoms with Gasteiger partial charge in [-0.05, 0) is 29.7 Å². The zero-order chi connectivity index (χ0) is 24.4. The number of hydrogen-bond donors (Lipinski definition) is 1. The van der Waals surface area contributed by atoms with Gasteiger partial charge in [0, 0.05) is 38.9 Å². The van der Waals surface area contributed by atoms with Gasteiger partial charge < -0.3 is 15.0 Å². The molecule has 0 saturated heterocycles. The van der Waals surface area contributed by atoms with Crippen molar-refractivity contribution in [3.05, 3.63) is 70.7 Å². The van der Waals surface area contributed by atoms with Crippen LogP contribution in [0.25, 0.3) is 0 Å². The molecule has 2 aromatic carbocycles. The number of carbonyl (C=O) groups excluding carboxylic acids is 2. The fourth-order valence-corrected chi connectivity index (χ4v) is 3.61. The van der Waals surface area contributed by atoms with Crippen molar-refractivity contribution < 1.29 is 22.7 Å². The zero-order valence-corrected chi connectivity index (χ0v) is 20.6. The van der Waals surface area contributed by atoms with E-state index < -0.39 is 28.5 Å².